The highest BCUT2D eigenvalue weighted by molar-refractivity contribution is 9.10. The van der Waals surface area contributed by atoms with Gasteiger partial charge in [0.25, 0.3) is 5.91 Å². The number of halogens is 1. The number of pyridine rings is 1. The number of amides is 1. The van der Waals surface area contributed by atoms with Crippen LogP contribution in [0.4, 0.5) is 5.69 Å². The molecule has 88 valence electrons. The van der Waals surface area contributed by atoms with Gasteiger partial charge in [0.2, 0.25) is 0 Å². The summed E-state index contributed by atoms with van der Waals surface area (Å²) in [5.41, 5.74) is 10.4. The van der Waals surface area contributed by atoms with E-state index in [4.69, 9.17) is 11.6 Å². The number of carbonyl (C=O) groups is 1. The largest absolute Gasteiger partial charge is 0.397 e. The minimum Gasteiger partial charge on any atom is -0.397 e. The maximum absolute atomic E-state index is 11.5. The number of nitrogens with one attached hydrogen (secondary N) is 1. The molecule has 5 N–H and O–H groups in total. The zero-order valence-electron chi connectivity index (χ0n) is 9.12. The number of benzene rings is 1. The molecule has 1 heterocycles. The van der Waals surface area contributed by atoms with Crippen LogP contribution in [0, 0.1) is 6.92 Å². The first-order chi connectivity index (χ1) is 8.04. The summed E-state index contributed by atoms with van der Waals surface area (Å²) in [6.07, 6.45) is 1.42. The molecule has 0 fully saturated rings. The third-order valence-electron chi connectivity index (χ3n) is 2.49. The standard InChI is InChI=1S/C11H11BrN4O/c1-5-2-6-9(13)7(11(17)16-14)4-15-10(6)8(12)3-5/h2-4H,14H2,1H3,(H2,13,15)(H,16,17). The molecule has 2 aromatic rings. The molecule has 0 saturated heterocycles. The monoisotopic (exact) mass is 294 g/mol. The van der Waals surface area contributed by atoms with E-state index < -0.39 is 5.91 Å². The van der Waals surface area contributed by atoms with Crippen LogP contribution < -0.4 is 17.0 Å². The number of nitrogens with two attached hydrogens (primary N) is 2. The van der Waals surface area contributed by atoms with E-state index in [0.29, 0.717) is 5.69 Å². The number of aryl methyl sites for hydroxylation is 1. The van der Waals surface area contributed by atoms with Gasteiger partial charge >= 0.3 is 0 Å². The Morgan fingerprint density at radius 2 is 2.18 bits per heavy atom. The van der Waals surface area contributed by atoms with Gasteiger partial charge in [-0.25, -0.2) is 5.84 Å². The summed E-state index contributed by atoms with van der Waals surface area (Å²) in [5, 5.41) is 0.734. The maximum Gasteiger partial charge on any atom is 0.268 e. The van der Waals surface area contributed by atoms with Crippen LogP contribution in [0.2, 0.25) is 0 Å². The summed E-state index contributed by atoms with van der Waals surface area (Å²) in [7, 11) is 0. The molecule has 0 atom stereocenters. The minimum atomic E-state index is -0.450. The fourth-order valence-electron chi connectivity index (χ4n) is 1.67. The summed E-state index contributed by atoms with van der Waals surface area (Å²) in [5.74, 6) is 4.64. The van der Waals surface area contributed by atoms with Crippen LogP contribution in [0.1, 0.15) is 15.9 Å². The first-order valence-electron chi connectivity index (χ1n) is 4.90. The van der Waals surface area contributed by atoms with Crippen LogP contribution >= 0.6 is 15.9 Å². The van der Waals surface area contributed by atoms with Gasteiger partial charge in [-0.2, -0.15) is 0 Å². The Bertz CT molecular complexity index is 612. The summed E-state index contributed by atoms with van der Waals surface area (Å²) >= 11 is 3.42. The molecule has 1 aromatic carbocycles. The maximum atomic E-state index is 11.5. The van der Waals surface area contributed by atoms with Crippen molar-refractivity contribution in [3.63, 3.8) is 0 Å². The number of rotatable bonds is 1. The van der Waals surface area contributed by atoms with Gasteiger partial charge in [0.05, 0.1) is 16.8 Å². The predicted octanol–water partition coefficient (Wildman–Crippen LogP) is 1.49. The van der Waals surface area contributed by atoms with Crippen molar-refractivity contribution < 1.29 is 4.79 Å². The average molecular weight is 295 g/mol. The lowest BCUT2D eigenvalue weighted by molar-refractivity contribution is 0.0954. The Hall–Kier alpha value is -1.66. The molecule has 0 spiro atoms. The highest BCUT2D eigenvalue weighted by Crippen LogP contribution is 2.29. The van der Waals surface area contributed by atoms with E-state index in [-0.39, 0.29) is 5.56 Å². The number of nitrogen functional groups attached to an aromatic ring is 2. The highest BCUT2D eigenvalue weighted by atomic mass is 79.9. The Morgan fingerprint density at radius 1 is 1.47 bits per heavy atom. The second-order valence-electron chi connectivity index (χ2n) is 3.70. The molecule has 0 bridgehead atoms. The molecule has 6 heteroatoms. The molecular formula is C11H11BrN4O. The summed E-state index contributed by atoms with van der Waals surface area (Å²) in [6.45, 7) is 1.94. The summed E-state index contributed by atoms with van der Waals surface area (Å²) in [4.78, 5) is 15.7. The minimum absolute atomic E-state index is 0.275. The Labute approximate surface area is 106 Å². The van der Waals surface area contributed by atoms with Gasteiger partial charge in [-0.15, -0.1) is 0 Å². The van der Waals surface area contributed by atoms with E-state index in [1.54, 1.807) is 0 Å². The molecule has 1 amide bonds. The second kappa shape index (κ2) is 4.31. The molecule has 0 aliphatic rings. The van der Waals surface area contributed by atoms with Crippen molar-refractivity contribution in [1.29, 1.82) is 0 Å². The van der Waals surface area contributed by atoms with Crippen LogP contribution in [-0.2, 0) is 0 Å². The third kappa shape index (κ3) is 1.96. The third-order valence-corrected chi connectivity index (χ3v) is 3.09. The molecule has 0 radical (unpaired) electrons. The normalized spacial score (nSPS) is 10.5. The topological polar surface area (TPSA) is 94.0 Å². The molecule has 0 aliphatic heterocycles. The van der Waals surface area contributed by atoms with Crippen molar-refractivity contribution in [2.75, 3.05) is 5.73 Å². The van der Waals surface area contributed by atoms with Crippen molar-refractivity contribution in [2.24, 2.45) is 5.84 Å². The number of hydrogen-bond acceptors (Lipinski definition) is 4. The van der Waals surface area contributed by atoms with Crippen LogP contribution in [0.25, 0.3) is 10.9 Å². The number of anilines is 1. The van der Waals surface area contributed by atoms with Crippen molar-refractivity contribution in [3.8, 4) is 0 Å². The Kier molecular flexibility index (Phi) is 2.99. The van der Waals surface area contributed by atoms with Gasteiger partial charge in [0.1, 0.15) is 0 Å². The van der Waals surface area contributed by atoms with Gasteiger partial charge in [-0.3, -0.25) is 15.2 Å². The van der Waals surface area contributed by atoms with Crippen LogP contribution in [-0.4, -0.2) is 10.9 Å². The van der Waals surface area contributed by atoms with E-state index in [2.05, 4.69) is 20.9 Å². The molecule has 0 unspecified atom stereocenters. The Morgan fingerprint density at radius 3 is 2.82 bits per heavy atom. The van der Waals surface area contributed by atoms with Crippen molar-refractivity contribution >= 4 is 38.4 Å². The Balaban J connectivity index is 2.79. The summed E-state index contributed by atoms with van der Waals surface area (Å²) < 4.78 is 0.846. The smallest absolute Gasteiger partial charge is 0.268 e. The number of hydrogen-bond donors (Lipinski definition) is 3. The van der Waals surface area contributed by atoms with Gasteiger partial charge < -0.3 is 5.73 Å². The number of fused-ring (bicyclic) bond motifs is 1. The lowest BCUT2D eigenvalue weighted by Gasteiger charge is -2.09. The van der Waals surface area contributed by atoms with E-state index in [9.17, 15) is 4.79 Å². The first kappa shape index (κ1) is 11.8. The van der Waals surface area contributed by atoms with Crippen LogP contribution in [0.15, 0.2) is 22.8 Å². The van der Waals surface area contributed by atoms with Crippen LogP contribution in [0.3, 0.4) is 0 Å². The lowest BCUT2D eigenvalue weighted by atomic mass is 10.1. The van der Waals surface area contributed by atoms with E-state index in [1.165, 1.54) is 6.20 Å². The predicted molar refractivity (Wildman–Crippen MR) is 70.2 cm³/mol. The number of carbonyl (C=O) groups excluding carboxylic acids is 1. The lowest BCUT2D eigenvalue weighted by Crippen LogP contribution is -2.30. The SMILES string of the molecule is Cc1cc(Br)c2ncc(C(=O)NN)c(N)c2c1. The molecule has 0 aliphatic carbocycles. The molecule has 0 saturated carbocycles. The quantitative estimate of drug-likeness (QED) is 0.422. The van der Waals surface area contributed by atoms with Crippen molar-refractivity contribution in [2.45, 2.75) is 6.92 Å². The molecule has 17 heavy (non-hydrogen) atoms. The average Bonchev–Trinajstić information content (AvgIpc) is 2.29. The van der Waals surface area contributed by atoms with Crippen LogP contribution in [0.5, 0.6) is 0 Å². The first-order valence-corrected chi connectivity index (χ1v) is 5.69. The fraction of sp³-hybridized carbons (Fsp3) is 0.0909. The van der Waals surface area contributed by atoms with Crippen molar-refractivity contribution in [3.05, 3.63) is 33.9 Å². The number of hydrazine groups is 1. The highest BCUT2D eigenvalue weighted by Gasteiger charge is 2.13. The molecule has 2 rings (SSSR count). The van der Waals surface area contributed by atoms with E-state index in [0.717, 1.165) is 20.9 Å². The van der Waals surface area contributed by atoms with Gasteiger partial charge in [-0.1, -0.05) is 0 Å². The fourth-order valence-corrected chi connectivity index (χ4v) is 2.35. The molecule has 1 aromatic heterocycles. The van der Waals surface area contributed by atoms with Crippen molar-refractivity contribution in [1.82, 2.24) is 10.4 Å². The van der Waals surface area contributed by atoms with Gasteiger partial charge in [-0.05, 0) is 40.5 Å². The number of nitrogens with zero attached hydrogens (tertiary/aromatic N) is 1. The summed E-state index contributed by atoms with van der Waals surface area (Å²) in [6, 6.07) is 3.83. The van der Waals surface area contributed by atoms with Gasteiger partial charge in [0.15, 0.2) is 0 Å². The van der Waals surface area contributed by atoms with E-state index in [1.807, 2.05) is 24.5 Å². The zero-order valence-corrected chi connectivity index (χ0v) is 10.7. The second-order valence-corrected chi connectivity index (χ2v) is 4.56. The van der Waals surface area contributed by atoms with Gasteiger partial charge in [0, 0.05) is 16.1 Å². The zero-order chi connectivity index (χ0) is 12.6. The van der Waals surface area contributed by atoms with E-state index >= 15 is 0 Å². The number of aromatic nitrogens is 1. The molecule has 5 nitrogen and oxygen atoms in total. The molecular weight excluding hydrogens is 284 g/mol.